The molecule has 12 nitrogen and oxygen atoms in total. The lowest BCUT2D eigenvalue weighted by atomic mass is 9.98. The van der Waals surface area contributed by atoms with Crippen LogP contribution in [0.4, 0.5) is 0 Å². The number of hydrogen-bond acceptors (Lipinski definition) is 11. The number of carbonyl (C=O) groups excluding carboxylic acids is 3. The molecule has 6 atom stereocenters. The van der Waals surface area contributed by atoms with Crippen molar-refractivity contribution in [3.8, 4) is 0 Å². The van der Waals surface area contributed by atoms with Gasteiger partial charge in [-0.2, -0.15) is 0 Å². The summed E-state index contributed by atoms with van der Waals surface area (Å²) in [7, 11) is 0. The van der Waals surface area contributed by atoms with Crippen LogP contribution in [0.2, 0.25) is 0 Å². The van der Waals surface area contributed by atoms with Crippen LogP contribution in [0.1, 0.15) is 239 Å². The van der Waals surface area contributed by atoms with Crippen LogP contribution in [0.5, 0.6) is 0 Å². The van der Waals surface area contributed by atoms with Crippen LogP contribution in [0.15, 0.2) is 97.2 Å². The lowest BCUT2D eigenvalue weighted by molar-refractivity contribution is -0.301. The Morgan fingerprint density at radius 1 is 0.442 bits per heavy atom. The van der Waals surface area contributed by atoms with Crippen molar-refractivity contribution in [3.05, 3.63) is 97.2 Å². The van der Waals surface area contributed by atoms with E-state index in [0.717, 1.165) is 128 Å². The lowest BCUT2D eigenvalue weighted by Gasteiger charge is -2.40. The smallest absolute Gasteiger partial charge is 0.335 e. The second-order valence-electron chi connectivity index (χ2n) is 20.2. The molecule has 1 aliphatic rings. The molecule has 1 rings (SSSR count). The summed E-state index contributed by atoms with van der Waals surface area (Å²) < 4.78 is 28.4. The van der Waals surface area contributed by atoms with Gasteiger partial charge in [-0.1, -0.05) is 201 Å². The zero-order valence-electron chi connectivity index (χ0n) is 48.2. The summed E-state index contributed by atoms with van der Waals surface area (Å²) in [6.07, 6.45) is 56.6. The van der Waals surface area contributed by atoms with Crippen molar-refractivity contribution in [3.63, 3.8) is 0 Å². The first-order chi connectivity index (χ1) is 37.6. The van der Waals surface area contributed by atoms with E-state index in [2.05, 4.69) is 118 Å². The highest BCUT2D eigenvalue weighted by atomic mass is 16.7. The first kappa shape index (κ1) is 70.7. The maximum absolute atomic E-state index is 13.2. The van der Waals surface area contributed by atoms with E-state index in [1.54, 1.807) is 0 Å². The Balaban J connectivity index is 2.72. The Morgan fingerprint density at radius 2 is 0.818 bits per heavy atom. The Morgan fingerprint density at radius 3 is 1.29 bits per heavy atom. The first-order valence-corrected chi connectivity index (χ1v) is 30.2. The molecule has 1 heterocycles. The van der Waals surface area contributed by atoms with Crippen molar-refractivity contribution >= 4 is 23.9 Å². The fourth-order valence-electron chi connectivity index (χ4n) is 8.54. The minimum absolute atomic E-state index is 0.00268. The molecule has 0 aliphatic carbocycles. The summed E-state index contributed by atoms with van der Waals surface area (Å²) in [6.45, 7) is 5.73. The molecule has 0 saturated carbocycles. The molecule has 0 radical (unpaired) electrons. The van der Waals surface area contributed by atoms with Crippen molar-refractivity contribution in [2.45, 2.75) is 276 Å². The molecular formula is C65H106O12. The number of rotatable bonds is 50. The molecule has 0 aromatic carbocycles. The SMILES string of the molecule is CC/C=C\C/C=C\C/C=C\C/C=C\CCCCC(=O)OC1C(OCC(COC(=O)CCCCCCCCC/C=C\C/C=C\C/C=C\CC)OC(=O)CCCCCCC/C=C\CCCCCCCC)OC(C(=O)O)C(O)C1O. The Bertz CT molecular complexity index is 1710. The molecule has 0 aromatic rings. The van der Waals surface area contributed by atoms with Gasteiger partial charge in [0.15, 0.2) is 24.6 Å². The molecule has 438 valence electrons. The number of hydrogen-bond donors (Lipinski definition) is 3. The van der Waals surface area contributed by atoms with Crippen molar-refractivity contribution in [2.24, 2.45) is 0 Å². The van der Waals surface area contributed by atoms with E-state index >= 15 is 0 Å². The molecule has 0 aromatic heterocycles. The number of ether oxygens (including phenoxy) is 5. The zero-order valence-corrected chi connectivity index (χ0v) is 48.2. The molecule has 1 fully saturated rings. The number of carboxylic acid groups (broad SMARTS) is 1. The molecule has 0 amide bonds. The van der Waals surface area contributed by atoms with Crippen LogP contribution in [0.3, 0.4) is 0 Å². The van der Waals surface area contributed by atoms with Gasteiger partial charge in [0.05, 0.1) is 6.61 Å². The second kappa shape index (κ2) is 52.3. The zero-order chi connectivity index (χ0) is 56.1. The summed E-state index contributed by atoms with van der Waals surface area (Å²) in [4.78, 5) is 51.2. The molecule has 0 bridgehead atoms. The Hall–Kier alpha value is -4.36. The van der Waals surface area contributed by atoms with Crippen LogP contribution in [-0.2, 0) is 42.9 Å². The van der Waals surface area contributed by atoms with Gasteiger partial charge in [0, 0.05) is 19.3 Å². The lowest BCUT2D eigenvalue weighted by Crippen LogP contribution is -2.61. The van der Waals surface area contributed by atoms with Gasteiger partial charge < -0.3 is 39.0 Å². The summed E-state index contributed by atoms with van der Waals surface area (Å²) in [5.74, 6) is -3.20. The standard InChI is InChI=1S/C65H106O12/c1-4-7-10-13-16-19-22-25-28-29-32-33-36-39-42-45-48-51-57(66)73-54-56(75-58(67)52-49-46-43-40-37-34-30-26-23-20-17-14-11-8-5-2)55-74-65-63(61(70)60(69)62(77-65)64(71)72)76-59(68)53-50-47-44-41-38-35-31-27-24-21-18-15-12-9-6-3/h7,9-10,12,16,18-19,21,25-28,30-31,38,41,56,60-63,65,69-70H,4-6,8,11,13-15,17,20,22-24,29,32-37,39-40,42-55H2,1-3H3,(H,71,72)/b10-7-,12-9-,19-16-,21-18-,28-25-,30-26-,31-27-,41-38-. The highest BCUT2D eigenvalue weighted by Gasteiger charge is 2.50. The average Bonchev–Trinajstić information content (AvgIpc) is 3.43. The number of carbonyl (C=O) groups is 4. The topological polar surface area (TPSA) is 175 Å². The number of unbranched alkanes of at least 4 members (excludes halogenated alkanes) is 20. The van der Waals surface area contributed by atoms with Crippen LogP contribution < -0.4 is 0 Å². The van der Waals surface area contributed by atoms with Crippen LogP contribution >= 0.6 is 0 Å². The van der Waals surface area contributed by atoms with E-state index in [1.807, 2.05) is 0 Å². The van der Waals surface area contributed by atoms with Crippen molar-refractivity contribution in [1.29, 1.82) is 0 Å². The quantitative estimate of drug-likeness (QED) is 0.0228. The number of allylic oxidation sites excluding steroid dienone is 16. The number of carboxylic acids is 1. The fraction of sp³-hybridized carbons (Fsp3) is 0.692. The fourth-order valence-corrected chi connectivity index (χ4v) is 8.54. The van der Waals surface area contributed by atoms with Gasteiger partial charge >= 0.3 is 23.9 Å². The molecule has 6 unspecified atom stereocenters. The van der Waals surface area contributed by atoms with Gasteiger partial charge in [-0.25, -0.2) is 4.79 Å². The monoisotopic (exact) mass is 1080 g/mol. The van der Waals surface area contributed by atoms with Crippen LogP contribution in [0, 0.1) is 0 Å². The Labute approximate surface area is 466 Å². The summed E-state index contributed by atoms with van der Waals surface area (Å²) in [5.41, 5.74) is 0. The van der Waals surface area contributed by atoms with Crippen molar-refractivity contribution < 1.29 is 58.2 Å². The maximum atomic E-state index is 13.2. The van der Waals surface area contributed by atoms with Crippen molar-refractivity contribution in [2.75, 3.05) is 13.2 Å². The number of esters is 3. The molecule has 0 spiro atoms. The van der Waals surface area contributed by atoms with E-state index in [1.165, 1.54) is 44.9 Å². The highest BCUT2D eigenvalue weighted by molar-refractivity contribution is 5.74. The molecule has 1 saturated heterocycles. The maximum Gasteiger partial charge on any atom is 0.335 e. The first-order valence-electron chi connectivity index (χ1n) is 30.2. The van der Waals surface area contributed by atoms with Gasteiger partial charge in [-0.05, 0) is 116 Å². The highest BCUT2D eigenvalue weighted by Crippen LogP contribution is 2.26. The normalized spacial score (nSPS) is 18.7. The molecular weight excluding hydrogens is 973 g/mol. The van der Waals surface area contributed by atoms with Gasteiger partial charge in [0.2, 0.25) is 0 Å². The molecule has 1 aliphatic heterocycles. The predicted octanol–water partition coefficient (Wildman–Crippen LogP) is 15.7. The Kier molecular flexibility index (Phi) is 48.0. The number of aliphatic hydroxyl groups is 2. The third-order valence-corrected chi connectivity index (χ3v) is 13.1. The molecule has 12 heteroatoms. The van der Waals surface area contributed by atoms with Crippen LogP contribution in [0.25, 0.3) is 0 Å². The summed E-state index contributed by atoms with van der Waals surface area (Å²) in [6, 6.07) is 0. The van der Waals surface area contributed by atoms with E-state index in [9.17, 15) is 34.5 Å². The predicted molar refractivity (Wildman–Crippen MR) is 312 cm³/mol. The summed E-state index contributed by atoms with van der Waals surface area (Å²) in [5, 5.41) is 31.5. The minimum Gasteiger partial charge on any atom is -0.479 e. The van der Waals surface area contributed by atoms with E-state index in [4.69, 9.17) is 23.7 Å². The largest absolute Gasteiger partial charge is 0.479 e. The van der Waals surface area contributed by atoms with Crippen LogP contribution in [-0.4, -0.2) is 89.2 Å². The van der Waals surface area contributed by atoms with E-state index in [0.29, 0.717) is 25.7 Å². The minimum atomic E-state index is -1.92. The summed E-state index contributed by atoms with van der Waals surface area (Å²) >= 11 is 0. The third kappa shape index (κ3) is 42.3. The van der Waals surface area contributed by atoms with Gasteiger partial charge in [-0.3, -0.25) is 14.4 Å². The van der Waals surface area contributed by atoms with Crippen molar-refractivity contribution in [1.82, 2.24) is 0 Å². The third-order valence-electron chi connectivity index (χ3n) is 13.1. The number of aliphatic hydroxyl groups excluding tert-OH is 2. The average molecular weight is 1080 g/mol. The van der Waals surface area contributed by atoms with Gasteiger partial charge in [0.25, 0.3) is 0 Å². The van der Waals surface area contributed by atoms with Gasteiger partial charge in [-0.15, -0.1) is 0 Å². The molecule has 3 N–H and O–H groups in total. The number of aliphatic carboxylic acids is 1. The van der Waals surface area contributed by atoms with E-state index in [-0.39, 0.29) is 25.9 Å². The van der Waals surface area contributed by atoms with E-state index < -0.39 is 67.3 Å². The van der Waals surface area contributed by atoms with Gasteiger partial charge in [0.1, 0.15) is 18.8 Å². The second-order valence-corrected chi connectivity index (χ2v) is 20.2. The molecule has 77 heavy (non-hydrogen) atoms.